The lowest BCUT2D eigenvalue weighted by Crippen LogP contribution is -2.39. The summed E-state index contributed by atoms with van der Waals surface area (Å²) in [7, 11) is 0. The minimum atomic E-state index is -4.16. The highest BCUT2D eigenvalue weighted by Gasteiger charge is 2.26. The molecule has 1 aromatic rings. The first-order valence-electron chi connectivity index (χ1n) is 6.41. The number of anilines is 1. The molecule has 0 aliphatic rings. The van der Waals surface area contributed by atoms with Crippen molar-refractivity contribution in [3.8, 4) is 0 Å². The number of aryl methyl sites for hydroxylation is 1. The molecule has 1 amide bonds. The van der Waals surface area contributed by atoms with E-state index in [1.165, 1.54) is 0 Å². The third-order valence-corrected chi connectivity index (χ3v) is 2.94. The zero-order chi connectivity index (χ0) is 15.3. The van der Waals surface area contributed by atoms with Crippen molar-refractivity contribution in [3.63, 3.8) is 0 Å². The van der Waals surface area contributed by atoms with Crippen LogP contribution in [0.3, 0.4) is 0 Å². The van der Waals surface area contributed by atoms with Crippen LogP contribution in [0, 0.1) is 5.92 Å². The molecule has 0 aliphatic heterocycles. The molecule has 3 nitrogen and oxygen atoms in total. The average Bonchev–Trinajstić information content (AvgIpc) is 2.36. The van der Waals surface area contributed by atoms with Gasteiger partial charge in [0.15, 0.2) is 0 Å². The molecule has 7 heteroatoms. The number of rotatable bonds is 5. The van der Waals surface area contributed by atoms with Crippen molar-refractivity contribution in [1.82, 2.24) is 0 Å². The molecular weight excluding hydrogens is 305 g/mol. The van der Waals surface area contributed by atoms with E-state index in [0.29, 0.717) is 11.3 Å². The molecule has 0 spiro atoms. The van der Waals surface area contributed by atoms with E-state index in [0.717, 1.165) is 0 Å². The van der Waals surface area contributed by atoms with Gasteiger partial charge in [0.1, 0.15) is 0 Å². The van der Waals surface area contributed by atoms with Crippen LogP contribution in [0.4, 0.5) is 18.9 Å². The van der Waals surface area contributed by atoms with Gasteiger partial charge in [0.25, 0.3) is 0 Å². The Morgan fingerprint density at radius 1 is 1.24 bits per heavy atom. The van der Waals surface area contributed by atoms with E-state index >= 15 is 0 Å². The van der Waals surface area contributed by atoms with Crippen LogP contribution >= 0.6 is 12.4 Å². The van der Waals surface area contributed by atoms with Gasteiger partial charge in [0.05, 0.1) is 6.04 Å². The number of hydrogen-bond acceptors (Lipinski definition) is 2. The molecule has 0 fully saturated rings. The maximum absolute atomic E-state index is 12.1. The monoisotopic (exact) mass is 324 g/mol. The highest BCUT2D eigenvalue weighted by atomic mass is 35.5. The smallest absolute Gasteiger partial charge is 0.325 e. The van der Waals surface area contributed by atoms with Crippen molar-refractivity contribution in [2.24, 2.45) is 11.7 Å². The molecule has 0 radical (unpaired) electrons. The van der Waals surface area contributed by atoms with Crippen molar-refractivity contribution < 1.29 is 18.0 Å². The summed E-state index contributed by atoms with van der Waals surface area (Å²) in [6, 6.07) is 5.69. The second kappa shape index (κ2) is 8.24. The van der Waals surface area contributed by atoms with Gasteiger partial charge in [-0.15, -0.1) is 12.4 Å². The Hall–Kier alpha value is -1.27. The zero-order valence-corrected chi connectivity index (χ0v) is 12.7. The Balaban J connectivity index is 0.00000400. The molecule has 0 aliphatic carbocycles. The second-order valence-electron chi connectivity index (χ2n) is 5.07. The van der Waals surface area contributed by atoms with E-state index < -0.39 is 18.6 Å². The molecule has 0 saturated carbocycles. The number of nitrogens with two attached hydrogens (primary N) is 1. The van der Waals surface area contributed by atoms with Gasteiger partial charge < -0.3 is 11.1 Å². The second-order valence-corrected chi connectivity index (χ2v) is 5.07. The SMILES string of the molecule is CC(C)[C@H](N)C(=O)Nc1ccc(CCC(F)(F)F)cc1.Cl. The summed E-state index contributed by atoms with van der Waals surface area (Å²) in [5, 5.41) is 2.64. The summed E-state index contributed by atoms with van der Waals surface area (Å²) >= 11 is 0. The van der Waals surface area contributed by atoms with Crippen LogP contribution in [0.25, 0.3) is 0 Å². The summed E-state index contributed by atoms with van der Waals surface area (Å²) in [5.41, 5.74) is 6.80. The van der Waals surface area contributed by atoms with E-state index in [2.05, 4.69) is 5.32 Å². The number of amides is 1. The molecule has 0 saturated heterocycles. The number of benzene rings is 1. The van der Waals surface area contributed by atoms with Gasteiger partial charge in [-0.05, 0) is 30.0 Å². The molecule has 1 rings (SSSR count). The first-order valence-corrected chi connectivity index (χ1v) is 6.41. The lowest BCUT2D eigenvalue weighted by molar-refractivity contribution is -0.134. The van der Waals surface area contributed by atoms with Gasteiger partial charge in [-0.3, -0.25) is 4.79 Å². The lowest BCUT2D eigenvalue weighted by atomic mass is 10.0. The van der Waals surface area contributed by atoms with Gasteiger partial charge in [-0.2, -0.15) is 13.2 Å². The maximum Gasteiger partial charge on any atom is 0.389 e. The Morgan fingerprint density at radius 2 is 1.76 bits per heavy atom. The van der Waals surface area contributed by atoms with Crippen molar-refractivity contribution in [2.75, 3.05) is 5.32 Å². The van der Waals surface area contributed by atoms with E-state index in [9.17, 15) is 18.0 Å². The first kappa shape index (κ1) is 19.7. The molecule has 0 heterocycles. The standard InChI is InChI=1S/C14H19F3N2O.ClH/c1-9(2)12(18)13(20)19-11-5-3-10(4-6-11)7-8-14(15,16)17;/h3-6,9,12H,7-8,18H2,1-2H3,(H,19,20);1H/t12-;/m0./s1. The highest BCUT2D eigenvalue weighted by Crippen LogP contribution is 2.22. The van der Waals surface area contributed by atoms with Crippen LogP contribution in [0.1, 0.15) is 25.8 Å². The lowest BCUT2D eigenvalue weighted by Gasteiger charge is -2.15. The number of hydrogen-bond donors (Lipinski definition) is 2. The summed E-state index contributed by atoms with van der Waals surface area (Å²) in [6.45, 7) is 3.68. The fourth-order valence-electron chi connectivity index (χ4n) is 1.57. The minimum absolute atomic E-state index is 0. The Morgan fingerprint density at radius 3 is 2.19 bits per heavy atom. The van der Waals surface area contributed by atoms with E-state index in [1.54, 1.807) is 24.3 Å². The third-order valence-electron chi connectivity index (χ3n) is 2.94. The quantitative estimate of drug-likeness (QED) is 0.870. The molecular formula is C14H20ClF3N2O. The molecule has 3 N–H and O–H groups in total. The van der Waals surface area contributed by atoms with Crippen molar-refractivity contribution in [1.29, 1.82) is 0 Å². The van der Waals surface area contributed by atoms with Crippen LogP contribution in [-0.4, -0.2) is 18.1 Å². The minimum Gasteiger partial charge on any atom is -0.325 e. The number of alkyl halides is 3. The van der Waals surface area contributed by atoms with E-state index in [4.69, 9.17) is 5.73 Å². The van der Waals surface area contributed by atoms with Crippen LogP contribution < -0.4 is 11.1 Å². The Kier molecular flexibility index (Phi) is 7.74. The zero-order valence-electron chi connectivity index (χ0n) is 11.9. The van der Waals surface area contributed by atoms with Crippen LogP contribution in [0.15, 0.2) is 24.3 Å². The first-order chi connectivity index (χ1) is 9.19. The summed E-state index contributed by atoms with van der Waals surface area (Å²) in [4.78, 5) is 11.7. The van der Waals surface area contributed by atoms with Gasteiger partial charge >= 0.3 is 6.18 Å². The van der Waals surface area contributed by atoms with Crippen LogP contribution in [-0.2, 0) is 11.2 Å². The number of nitrogens with one attached hydrogen (secondary N) is 1. The Bertz CT molecular complexity index is 447. The van der Waals surface area contributed by atoms with Gasteiger partial charge in [0, 0.05) is 12.1 Å². The molecule has 0 aromatic heterocycles. The van der Waals surface area contributed by atoms with Crippen molar-refractivity contribution in [3.05, 3.63) is 29.8 Å². The fraction of sp³-hybridized carbons (Fsp3) is 0.500. The van der Waals surface area contributed by atoms with Crippen LogP contribution in [0.5, 0.6) is 0 Å². The predicted octanol–water partition coefficient (Wildman–Crippen LogP) is 3.53. The molecule has 120 valence electrons. The van der Waals surface area contributed by atoms with Gasteiger partial charge in [-0.1, -0.05) is 26.0 Å². The normalized spacial score (nSPS) is 12.7. The van der Waals surface area contributed by atoms with E-state index in [-0.39, 0.29) is 30.7 Å². The number of carbonyl (C=O) groups excluding carboxylic acids is 1. The highest BCUT2D eigenvalue weighted by molar-refractivity contribution is 5.94. The van der Waals surface area contributed by atoms with Gasteiger partial charge in [0.2, 0.25) is 5.91 Å². The largest absolute Gasteiger partial charge is 0.389 e. The molecule has 21 heavy (non-hydrogen) atoms. The summed E-state index contributed by atoms with van der Waals surface area (Å²) < 4.78 is 36.3. The molecule has 1 aromatic carbocycles. The summed E-state index contributed by atoms with van der Waals surface area (Å²) in [6.07, 6.45) is -5.07. The van der Waals surface area contributed by atoms with Crippen molar-refractivity contribution >= 4 is 24.0 Å². The Labute approximate surface area is 128 Å². The molecule has 0 bridgehead atoms. The maximum atomic E-state index is 12.1. The van der Waals surface area contributed by atoms with Gasteiger partial charge in [-0.25, -0.2) is 0 Å². The van der Waals surface area contributed by atoms with E-state index in [1.807, 2.05) is 13.8 Å². The third kappa shape index (κ3) is 7.34. The molecule has 0 unspecified atom stereocenters. The molecule has 1 atom stereocenters. The van der Waals surface area contributed by atoms with Crippen molar-refractivity contribution in [2.45, 2.75) is 38.9 Å². The number of halogens is 4. The number of carbonyl (C=O) groups is 1. The van der Waals surface area contributed by atoms with Crippen LogP contribution in [0.2, 0.25) is 0 Å². The average molecular weight is 325 g/mol. The summed E-state index contributed by atoms with van der Waals surface area (Å²) in [5.74, 6) is -0.288. The fourth-order valence-corrected chi connectivity index (χ4v) is 1.57. The predicted molar refractivity (Wildman–Crippen MR) is 79.5 cm³/mol. The topological polar surface area (TPSA) is 55.1 Å².